The van der Waals surface area contributed by atoms with E-state index in [0.717, 1.165) is 42.4 Å². The summed E-state index contributed by atoms with van der Waals surface area (Å²) in [5, 5.41) is 9.84. The van der Waals surface area contributed by atoms with E-state index in [1.54, 1.807) is 0 Å². The fourth-order valence-electron chi connectivity index (χ4n) is 5.11. The Morgan fingerprint density at radius 2 is 1.65 bits per heavy atom. The fraction of sp³-hybridized carbons (Fsp3) is 0.655. The number of ether oxygens (including phenoxy) is 2. The predicted octanol–water partition coefficient (Wildman–Crippen LogP) is 6.85. The van der Waals surface area contributed by atoms with Gasteiger partial charge in [0.15, 0.2) is 0 Å². The highest BCUT2D eigenvalue weighted by Gasteiger charge is 2.35. The first kappa shape index (κ1) is 28.1. The quantitative estimate of drug-likeness (QED) is 0.165. The fourth-order valence-corrected chi connectivity index (χ4v) is 5.11. The molecule has 0 aliphatic heterocycles. The summed E-state index contributed by atoms with van der Waals surface area (Å²) in [5.41, 5.74) is 2.50. The predicted molar refractivity (Wildman–Crippen MR) is 136 cm³/mol. The summed E-state index contributed by atoms with van der Waals surface area (Å²) in [5.74, 6) is 0.606. The standard InChI is InChI=1S/C29H44O5/c1-8-9-10-11-14-29(6,7)23-16-26(33-20(4)31)28(27(17-23)34-21(5)32)25-15-22(18-30)12-13-24(25)19(2)3/h15-17,19,24-25,30H,8-14,18H2,1-7H3/t24-,25?/m0/s1. The Balaban J connectivity index is 2.68. The Kier molecular flexibility index (Phi) is 10.4. The zero-order valence-corrected chi connectivity index (χ0v) is 22.2. The van der Waals surface area contributed by atoms with Gasteiger partial charge in [-0.15, -0.1) is 0 Å². The third-order valence-corrected chi connectivity index (χ3v) is 7.12. The minimum absolute atomic E-state index is 0.00398. The number of aliphatic hydroxyl groups excluding tert-OH is 1. The minimum Gasteiger partial charge on any atom is -0.426 e. The van der Waals surface area contributed by atoms with Crippen LogP contribution in [0.15, 0.2) is 23.8 Å². The second-order valence-corrected chi connectivity index (χ2v) is 10.7. The van der Waals surface area contributed by atoms with E-state index in [2.05, 4.69) is 40.7 Å². The average Bonchev–Trinajstić information content (AvgIpc) is 2.75. The molecule has 2 rings (SSSR count). The number of hydrogen-bond acceptors (Lipinski definition) is 5. The monoisotopic (exact) mass is 472 g/mol. The number of rotatable bonds is 11. The van der Waals surface area contributed by atoms with E-state index in [-0.39, 0.29) is 23.9 Å². The van der Waals surface area contributed by atoms with Crippen molar-refractivity contribution in [3.05, 3.63) is 34.9 Å². The Morgan fingerprint density at radius 1 is 1.06 bits per heavy atom. The molecule has 1 aromatic rings. The third-order valence-electron chi connectivity index (χ3n) is 7.12. The topological polar surface area (TPSA) is 72.8 Å². The zero-order chi connectivity index (χ0) is 25.5. The maximum absolute atomic E-state index is 12.1. The van der Waals surface area contributed by atoms with Crippen molar-refractivity contribution in [2.24, 2.45) is 11.8 Å². The first-order valence-electron chi connectivity index (χ1n) is 12.9. The van der Waals surface area contributed by atoms with Gasteiger partial charge in [0.25, 0.3) is 0 Å². The van der Waals surface area contributed by atoms with E-state index in [0.29, 0.717) is 17.4 Å². The number of allylic oxidation sites excluding steroid dienone is 1. The van der Waals surface area contributed by atoms with Crippen molar-refractivity contribution in [2.45, 2.75) is 105 Å². The summed E-state index contributed by atoms with van der Waals surface area (Å²) in [4.78, 5) is 24.3. The molecule has 1 aliphatic rings. The molecule has 0 aromatic heterocycles. The van der Waals surface area contributed by atoms with Crippen LogP contribution in [-0.4, -0.2) is 23.7 Å². The van der Waals surface area contributed by atoms with Crippen LogP contribution in [0.1, 0.15) is 110 Å². The molecular formula is C29H44O5. The van der Waals surface area contributed by atoms with Crippen molar-refractivity contribution in [3.8, 4) is 11.5 Å². The number of carbonyl (C=O) groups is 2. The van der Waals surface area contributed by atoms with E-state index >= 15 is 0 Å². The van der Waals surface area contributed by atoms with Gasteiger partial charge >= 0.3 is 11.9 Å². The van der Waals surface area contributed by atoms with Gasteiger partial charge in [-0.2, -0.15) is 0 Å². The van der Waals surface area contributed by atoms with E-state index in [4.69, 9.17) is 9.47 Å². The number of carbonyl (C=O) groups excluding carboxylic acids is 2. The molecule has 0 heterocycles. The van der Waals surface area contributed by atoms with Crippen molar-refractivity contribution in [1.82, 2.24) is 0 Å². The van der Waals surface area contributed by atoms with Gasteiger partial charge in [-0.3, -0.25) is 9.59 Å². The number of hydrogen-bond donors (Lipinski definition) is 1. The van der Waals surface area contributed by atoms with Crippen LogP contribution < -0.4 is 9.47 Å². The molecule has 34 heavy (non-hydrogen) atoms. The van der Waals surface area contributed by atoms with Gasteiger partial charge in [0.2, 0.25) is 0 Å². The van der Waals surface area contributed by atoms with E-state index in [9.17, 15) is 14.7 Å². The first-order valence-corrected chi connectivity index (χ1v) is 12.9. The molecule has 0 amide bonds. The SMILES string of the molecule is CCCCCCC(C)(C)c1cc(OC(C)=O)c(C2C=C(CO)CC[C@H]2C(C)C)c(OC(C)=O)c1. The van der Waals surface area contributed by atoms with Crippen LogP contribution in [0.5, 0.6) is 11.5 Å². The Bertz CT molecular complexity index is 844. The second-order valence-electron chi connectivity index (χ2n) is 10.7. The molecule has 1 aromatic carbocycles. The molecule has 1 aliphatic carbocycles. The summed E-state index contributed by atoms with van der Waals surface area (Å²) in [7, 11) is 0. The summed E-state index contributed by atoms with van der Waals surface area (Å²) in [6.45, 7) is 13.7. The normalized spacial score (nSPS) is 18.6. The first-order chi connectivity index (χ1) is 16.0. The maximum atomic E-state index is 12.1. The van der Waals surface area contributed by atoms with Gasteiger partial charge in [0.1, 0.15) is 11.5 Å². The van der Waals surface area contributed by atoms with Crippen molar-refractivity contribution in [3.63, 3.8) is 0 Å². The van der Waals surface area contributed by atoms with Crippen LogP contribution in [0.4, 0.5) is 0 Å². The lowest BCUT2D eigenvalue weighted by atomic mass is 9.70. The molecule has 0 saturated heterocycles. The molecule has 0 saturated carbocycles. The molecule has 0 fully saturated rings. The summed E-state index contributed by atoms with van der Waals surface area (Å²) in [6, 6.07) is 3.92. The highest BCUT2D eigenvalue weighted by atomic mass is 16.5. The van der Waals surface area contributed by atoms with Crippen LogP contribution in [0, 0.1) is 11.8 Å². The van der Waals surface area contributed by atoms with Crippen molar-refractivity contribution < 1.29 is 24.2 Å². The summed E-state index contributed by atoms with van der Waals surface area (Å²) < 4.78 is 11.5. The molecule has 1 unspecified atom stereocenters. The van der Waals surface area contributed by atoms with Gasteiger partial charge in [-0.1, -0.05) is 66.4 Å². The Hall–Kier alpha value is -2.14. The molecule has 0 radical (unpaired) electrons. The lowest BCUT2D eigenvalue weighted by molar-refractivity contribution is -0.132. The average molecular weight is 473 g/mol. The number of benzene rings is 1. The van der Waals surface area contributed by atoms with Crippen molar-refractivity contribution in [1.29, 1.82) is 0 Å². The van der Waals surface area contributed by atoms with E-state index in [1.807, 2.05) is 12.1 Å². The maximum Gasteiger partial charge on any atom is 0.308 e. The second kappa shape index (κ2) is 12.5. The highest BCUT2D eigenvalue weighted by molar-refractivity contribution is 5.73. The lowest BCUT2D eigenvalue weighted by Crippen LogP contribution is -2.25. The molecule has 5 nitrogen and oxygen atoms in total. The Labute approximate surface area is 205 Å². The zero-order valence-electron chi connectivity index (χ0n) is 22.2. The largest absolute Gasteiger partial charge is 0.426 e. The van der Waals surface area contributed by atoms with Crippen LogP contribution in [0.2, 0.25) is 0 Å². The molecular weight excluding hydrogens is 428 g/mol. The molecule has 1 N–H and O–H groups in total. The van der Waals surface area contributed by atoms with Crippen molar-refractivity contribution >= 4 is 11.9 Å². The van der Waals surface area contributed by atoms with Crippen molar-refractivity contribution in [2.75, 3.05) is 6.61 Å². The lowest BCUT2D eigenvalue weighted by Gasteiger charge is -2.35. The Morgan fingerprint density at radius 3 is 2.12 bits per heavy atom. The number of unbranched alkanes of at least 4 members (excludes halogenated alkanes) is 3. The molecule has 5 heteroatoms. The highest BCUT2D eigenvalue weighted by Crippen LogP contribution is 2.49. The van der Waals surface area contributed by atoms with Gasteiger partial charge in [0.05, 0.1) is 6.61 Å². The van der Waals surface area contributed by atoms with Crippen LogP contribution in [0.3, 0.4) is 0 Å². The molecule has 2 atom stereocenters. The van der Waals surface area contributed by atoms with Gasteiger partial charge in [-0.25, -0.2) is 0 Å². The van der Waals surface area contributed by atoms with Gasteiger partial charge in [0, 0.05) is 25.3 Å². The summed E-state index contributed by atoms with van der Waals surface area (Å²) >= 11 is 0. The summed E-state index contributed by atoms with van der Waals surface area (Å²) in [6.07, 6.45) is 9.50. The van der Waals surface area contributed by atoms with E-state index < -0.39 is 11.9 Å². The number of esters is 2. The minimum atomic E-state index is -0.406. The van der Waals surface area contributed by atoms with Crippen LogP contribution >= 0.6 is 0 Å². The van der Waals surface area contributed by atoms with Gasteiger partial charge < -0.3 is 14.6 Å². The molecule has 0 spiro atoms. The van der Waals surface area contributed by atoms with Crippen LogP contribution in [0.25, 0.3) is 0 Å². The number of aliphatic hydroxyl groups is 1. The third kappa shape index (κ3) is 7.43. The molecule has 190 valence electrons. The smallest absolute Gasteiger partial charge is 0.308 e. The van der Waals surface area contributed by atoms with Gasteiger partial charge in [-0.05, 0) is 59.8 Å². The molecule has 0 bridgehead atoms. The van der Waals surface area contributed by atoms with Crippen LogP contribution in [-0.2, 0) is 15.0 Å². The van der Waals surface area contributed by atoms with E-state index in [1.165, 1.54) is 33.1 Å².